The average Bonchev–Trinajstić information content (AvgIpc) is 2.80. The van der Waals surface area contributed by atoms with E-state index in [2.05, 4.69) is 10.4 Å². The van der Waals surface area contributed by atoms with Crippen molar-refractivity contribution >= 4 is 22.5 Å². The van der Waals surface area contributed by atoms with Crippen molar-refractivity contribution in [3.05, 3.63) is 88.5 Å². The first kappa shape index (κ1) is 20.1. The molecular formula is C23H18FN3O4. The maximum Gasteiger partial charge on any atom is 0.280 e. The lowest BCUT2D eigenvalue weighted by molar-refractivity contribution is 0.101. The minimum Gasteiger partial charge on any atom is -0.497 e. The van der Waals surface area contributed by atoms with Crippen LogP contribution in [0.5, 0.6) is 11.5 Å². The van der Waals surface area contributed by atoms with Crippen LogP contribution in [0.4, 0.5) is 10.1 Å². The van der Waals surface area contributed by atoms with Gasteiger partial charge in [0.15, 0.2) is 5.69 Å². The van der Waals surface area contributed by atoms with E-state index in [9.17, 15) is 14.0 Å². The number of halogens is 1. The molecule has 0 atom stereocenters. The molecule has 8 heteroatoms. The summed E-state index contributed by atoms with van der Waals surface area (Å²) in [5.41, 5.74) is 0.496. The topological polar surface area (TPSA) is 82.4 Å². The molecule has 0 aliphatic heterocycles. The van der Waals surface area contributed by atoms with Crippen molar-refractivity contribution in [1.29, 1.82) is 0 Å². The highest BCUT2D eigenvalue weighted by molar-refractivity contribution is 6.05. The number of hydrogen-bond donors (Lipinski definition) is 1. The molecule has 156 valence electrons. The van der Waals surface area contributed by atoms with Crippen LogP contribution in [0.2, 0.25) is 0 Å². The molecule has 31 heavy (non-hydrogen) atoms. The molecule has 0 fully saturated rings. The number of rotatable bonds is 5. The summed E-state index contributed by atoms with van der Waals surface area (Å²) < 4.78 is 25.3. The van der Waals surface area contributed by atoms with E-state index in [1.165, 1.54) is 43.2 Å². The second-order valence-corrected chi connectivity index (χ2v) is 6.60. The number of methoxy groups -OCH3 is 2. The summed E-state index contributed by atoms with van der Waals surface area (Å²) in [5.74, 6) is -0.213. The van der Waals surface area contributed by atoms with Gasteiger partial charge in [-0.15, -0.1) is 0 Å². The van der Waals surface area contributed by atoms with Crippen LogP contribution in [-0.4, -0.2) is 29.9 Å². The standard InChI is InChI=1S/C23H18FN3O4/c1-30-16-11-12-20(31-2)18(13-16)25-23(29)21-22(28)17-5-3-4-6-19(17)27(26-21)15-9-7-14(24)8-10-15/h3-13H,1-2H3,(H,25,29). The molecule has 0 radical (unpaired) electrons. The molecule has 1 amide bonds. The minimum atomic E-state index is -0.710. The second-order valence-electron chi connectivity index (χ2n) is 6.60. The first-order chi connectivity index (χ1) is 15.0. The Morgan fingerprint density at radius 2 is 1.74 bits per heavy atom. The molecule has 0 saturated carbocycles. The number of carbonyl (C=O) groups is 1. The normalized spacial score (nSPS) is 10.7. The Bertz CT molecular complexity index is 1330. The highest BCUT2D eigenvalue weighted by Crippen LogP contribution is 2.29. The maximum absolute atomic E-state index is 13.4. The van der Waals surface area contributed by atoms with Gasteiger partial charge in [-0.05, 0) is 48.5 Å². The fourth-order valence-corrected chi connectivity index (χ4v) is 3.20. The van der Waals surface area contributed by atoms with Gasteiger partial charge in [-0.1, -0.05) is 12.1 Å². The summed E-state index contributed by atoms with van der Waals surface area (Å²) in [6.07, 6.45) is 0. The summed E-state index contributed by atoms with van der Waals surface area (Å²) in [4.78, 5) is 26.1. The zero-order valence-corrected chi connectivity index (χ0v) is 16.8. The lowest BCUT2D eigenvalue weighted by atomic mass is 10.1. The van der Waals surface area contributed by atoms with E-state index in [0.29, 0.717) is 33.8 Å². The van der Waals surface area contributed by atoms with Gasteiger partial charge in [-0.3, -0.25) is 9.59 Å². The summed E-state index contributed by atoms with van der Waals surface area (Å²) in [7, 11) is 2.97. The van der Waals surface area contributed by atoms with Gasteiger partial charge >= 0.3 is 0 Å². The fourth-order valence-electron chi connectivity index (χ4n) is 3.20. The van der Waals surface area contributed by atoms with Crippen molar-refractivity contribution in [1.82, 2.24) is 9.78 Å². The molecule has 4 aromatic rings. The molecule has 1 heterocycles. The number of ether oxygens (including phenoxy) is 2. The number of nitrogens with one attached hydrogen (secondary N) is 1. The van der Waals surface area contributed by atoms with Crippen LogP contribution in [0.3, 0.4) is 0 Å². The number of carbonyl (C=O) groups excluding carboxylic acids is 1. The zero-order valence-electron chi connectivity index (χ0n) is 16.8. The van der Waals surface area contributed by atoms with Crippen LogP contribution in [-0.2, 0) is 0 Å². The third-order valence-electron chi connectivity index (χ3n) is 4.73. The average molecular weight is 419 g/mol. The number of aromatic nitrogens is 2. The van der Waals surface area contributed by atoms with Gasteiger partial charge in [-0.25, -0.2) is 9.07 Å². The Morgan fingerprint density at radius 3 is 2.45 bits per heavy atom. The van der Waals surface area contributed by atoms with Crippen molar-refractivity contribution in [3.8, 4) is 17.2 Å². The third kappa shape index (κ3) is 3.83. The Hall–Kier alpha value is -4.20. The fraction of sp³-hybridized carbons (Fsp3) is 0.0870. The van der Waals surface area contributed by atoms with Gasteiger partial charge in [0.25, 0.3) is 5.91 Å². The summed E-state index contributed by atoms with van der Waals surface area (Å²) in [6, 6.07) is 17.3. The van der Waals surface area contributed by atoms with Crippen molar-refractivity contribution in [2.24, 2.45) is 0 Å². The SMILES string of the molecule is COc1ccc(OC)c(NC(=O)c2nn(-c3ccc(F)cc3)c3ccccc3c2=O)c1. The van der Waals surface area contributed by atoms with Crippen molar-refractivity contribution in [3.63, 3.8) is 0 Å². The Labute approximate surface area is 176 Å². The molecule has 0 unspecified atom stereocenters. The molecule has 0 aliphatic rings. The predicted molar refractivity (Wildman–Crippen MR) is 115 cm³/mol. The van der Waals surface area contributed by atoms with E-state index < -0.39 is 17.2 Å². The molecule has 0 saturated heterocycles. The second kappa shape index (κ2) is 8.27. The summed E-state index contributed by atoms with van der Waals surface area (Å²) in [5, 5.41) is 7.27. The first-order valence-electron chi connectivity index (χ1n) is 9.33. The lowest BCUT2D eigenvalue weighted by Crippen LogP contribution is -2.27. The molecule has 7 nitrogen and oxygen atoms in total. The molecular weight excluding hydrogens is 401 g/mol. The molecule has 3 aromatic carbocycles. The van der Waals surface area contributed by atoms with E-state index >= 15 is 0 Å². The quantitative estimate of drug-likeness (QED) is 0.532. The number of para-hydroxylation sites is 1. The van der Waals surface area contributed by atoms with E-state index in [-0.39, 0.29) is 5.69 Å². The third-order valence-corrected chi connectivity index (χ3v) is 4.73. The van der Waals surface area contributed by atoms with E-state index in [1.54, 1.807) is 42.5 Å². The zero-order chi connectivity index (χ0) is 22.0. The molecule has 0 aliphatic carbocycles. The number of benzene rings is 3. The van der Waals surface area contributed by atoms with Crippen molar-refractivity contribution in [2.45, 2.75) is 0 Å². The molecule has 4 rings (SSSR count). The van der Waals surface area contributed by atoms with Crippen molar-refractivity contribution in [2.75, 3.05) is 19.5 Å². The van der Waals surface area contributed by atoms with Crippen LogP contribution in [0.15, 0.2) is 71.5 Å². The maximum atomic E-state index is 13.4. The lowest BCUT2D eigenvalue weighted by Gasteiger charge is -2.14. The van der Waals surface area contributed by atoms with Crippen LogP contribution in [0, 0.1) is 5.82 Å². The first-order valence-corrected chi connectivity index (χ1v) is 9.33. The van der Waals surface area contributed by atoms with Gasteiger partial charge in [-0.2, -0.15) is 5.10 Å². The van der Waals surface area contributed by atoms with Gasteiger partial charge in [0, 0.05) is 6.07 Å². The molecule has 0 spiro atoms. The van der Waals surface area contributed by atoms with Crippen LogP contribution < -0.4 is 20.2 Å². The largest absolute Gasteiger partial charge is 0.497 e. The van der Waals surface area contributed by atoms with E-state index in [4.69, 9.17) is 9.47 Å². The number of amides is 1. The molecule has 1 aromatic heterocycles. The van der Waals surface area contributed by atoms with Gasteiger partial charge in [0.2, 0.25) is 5.43 Å². The summed E-state index contributed by atoms with van der Waals surface area (Å²) >= 11 is 0. The molecule has 1 N–H and O–H groups in total. The Balaban J connectivity index is 1.85. The van der Waals surface area contributed by atoms with Crippen molar-refractivity contribution < 1.29 is 18.7 Å². The Kier molecular flexibility index (Phi) is 5.36. The predicted octanol–water partition coefficient (Wildman–Crippen LogP) is 3.79. The van der Waals surface area contributed by atoms with E-state index in [0.717, 1.165) is 0 Å². The highest BCUT2D eigenvalue weighted by atomic mass is 19.1. The van der Waals surface area contributed by atoms with Gasteiger partial charge in [0.05, 0.1) is 36.5 Å². The highest BCUT2D eigenvalue weighted by Gasteiger charge is 2.20. The Morgan fingerprint density at radius 1 is 1.00 bits per heavy atom. The number of fused-ring (bicyclic) bond motifs is 1. The monoisotopic (exact) mass is 419 g/mol. The smallest absolute Gasteiger partial charge is 0.280 e. The van der Waals surface area contributed by atoms with Gasteiger partial charge in [0.1, 0.15) is 17.3 Å². The number of anilines is 1. The summed E-state index contributed by atoms with van der Waals surface area (Å²) in [6.45, 7) is 0. The minimum absolute atomic E-state index is 0.310. The van der Waals surface area contributed by atoms with Crippen LogP contribution in [0.1, 0.15) is 10.5 Å². The van der Waals surface area contributed by atoms with Gasteiger partial charge < -0.3 is 14.8 Å². The molecule has 0 bridgehead atoms. The van der Waals surface area contributed by atoms with E-state index in [1.807, 2.05) is 0 Å². The van der Waals surface area contributed by atoms with Crippen LogP contribution in [0.25, 0.3) is 16.6 Å². The number of hydrogen-bond acceptors (Lipinski definition) is 5. The van der Waals surface area contributed by atoms with Crippen LogP contribution >= 0.6 is 0 Å². The number of nitrogens with zero attached hydrogens (tertiary/aromatic N) is 2.